The van der Waals surface area contributed by atoms with Crippen LogP contribution in [0.3, 0.4) is 0 Å². The lowest BCUT2D eigenvalue weighted by molar-refractivity contribution is 0.0312. The van der Waals surface area contributed by atoms with Crippen molar-refractivity contribution in [3.8, 4) is 11.5 Å². The summed E-state index contributed by atoms with van der Waals surface area (Å²) in [6.45, 7) is 4.34. The van der Waals surface area contributed by atoms with Gasteiger partial charge in [0.2, 0.25) is 0 Å². The van der Waals surface area contributed by atoms with E-state index in [0.717, 1.165) is 37.3 Å². The smallest absolute Gasteiger partial charge is 0.163 e. The minimum atomic E-state index is -0.690. The summed E-state index contributed by atoms with van der Waals surface area (Å²) in [5.74, 6) is 1.27. The first-order valence-corrected chi connectivity index (χ1v) is 10.4. The van der Waals surface area contributed by atoms with Crippen molar-refractivity contribution in [2.75, 3.05) is 33.4 Å². The third-order valence-corrected chi connectivity index (χ3v) is 5.22. The van der Waals surface area contributed by atoms with Gasteiger partial charge in [0.15, 0.2) is 5.78 Å². The Balaban J connectivity index is 1.60. The summed E-state index contributed by atoms with van der Waals surface area (Å²) in [4.78, 5) is 14.0. The predicted octanol–water partition coefficient (Wildman–Crippen LogP) is 3.32. The van der Waals surface area contributed by atoms with Crippen LogP contribution >= 0.6 is 0 Å². The van der Waals surface area contributed by atoms with Crippen LogP contribution in [-0.4, -0.2) is 61.4 Å². The zero-order valence-corrected chi connectivity index (χ0v) is 17.8. The second-order valence-corrected chi connectivity index (χ2v) is 7.69. The molecule has 6 heteroatoms. The van der Waals surface area contributed by atoms with E-state index < -0.39 is 6.10 Å². The van der Waals surface area contributed by atoms with Crippen molar-refractivity contribution >= 4 is 5.78 Å². The second-order valence-electron chi connectivity index (χ2n) is 7.69. The molecule has 162 valence electrons. The maximum Gasteiger partial charge on any atom is 0.163 e. The normalized spacial score (nSPS) is 17.1. The third kappa shape index (κ3) is 6.55. The first kappa shape index (κ1) is 22.3. The first-order chi connectivity index (χ1) is 14.5. The van der Waals surface area contributed by atoms with Crippen molar-refractivity contribution in [2.45, 2.75) is 38.5 Å². The van der Waals surface area contributed by atoms with E-state index in [1.165, 1.54) is 6.92 Å². The van der Waals surface area contributed by atoms with Crippen molar-refractivity contribution in [3.63, 3.8) is 0 Å². The number of Topliss-reactive ketones (excluding diaryl/α,β-unsaturated/α-hetero) is 1. The van der Waals surface area contributed by atoms with Gasteiger partial charge in [-0.15, -0.1) is 0 Å². The Bertz CT molecular complexity index is 801. The van der Waals surface area contributed by atoms with Gasteiger partial charge in [0.05, 0.1) is 18.8 Å². The van der Waals surface area contributed by atoms with Crippen molar-refractivity contribution in [1.82, 2.24) is 4.90 Å². The summed E-state index contributed by atoms with van der Waals surface area (Å²) in [5, 5.41) is 10.6. The third-order valence-electron chi connectivity index (χ3n) is 5.22. The average molecular weight is 414 g/mol. The molecule has 1 aliphatic heterocycles. The molecule has 1 saturated heterocycles. The fourth-order valence-corrected chi connectivity index (χ4v) is 3.69. The number of hydrogen-bond acceptors (Lipinski definition) is 6. The SMILES string of the molecule is COc1ccc(CN(CC(O)COc2ccccc2C(C)=O)CC2CCCO2)cc1. The number of hydrogen-bond donors (Lipinski definition) is 1. The molecule has 0 amide bonds. The van der Waals surface area contributed by atoms with Gasteiger partial charge >= 0.3 is 0 Å². The molecule has 0 aliphatic carbocycles. The van der Waals surface area contributed by atoms with E-state index in [1.54, 1.807) is 25.3 Å². The standard InChI is InChI=1S/C24H31NO5/c1-18(26)23-7-3-4-8-24(23)30-17-20(27)15-25(16-22-6-5-13-29-22)14-19-9-11-21(28-2)12-10-19/h3-4,7-12,20,22,27H,5-6,13-17H2,1-2H3. The fourth-order valence-electron chi connectivity index (χ4n) is 3.69. The molecule has 0 bridgehead atoms. The first-order valence-electron chi connectivity index (χ1n) is 10.4. The minimum Gasteiger partial charge on any atom is -0.497 e. The van der Waals surface area contributed by atoms with Crippen LogP contribution < -0.4 is 9.47 Å². The van der Waals surface area contributed by atoms with Crippen LogP contribution in [0.2, 0.25) is 0 Å². The number of benzene rings is 2. The van der Waals surface area contributed by atoms with Crippen LogP contribution in [0, 0.1) is 0 Å². The molecular weight excluding hydrogens is 382 g/mol. The van der Waals surface area contributed by atoms with Gasteiger partial charge in [0.1, 0.15) is 24.2 Å². The Kier molecular flexibility index (Phi) is 8.25. The Labute approximate surface area is 178 Å². The molecule has 0 spiro atoms. The number of rotatable bonds is 11. The average Bonchev–Trinajstić information content (AvgIpc) is 3.26. The van der Waals surface area contributed by atoms with Crippen LogP contribution in [0.1, 0.15) is 35.7 Å². The van der Waals surface area contributed by atoms with Gasteiger partial charge in [0, 0.05) is 26.2 Å². The molecule has 30 heavy (non-hydrogen) atoms. The number of methoxy groups -OCH3 is 1. The molecule has 2 atom stereocenters. The summed E-state index contributed by atoms with van der Waals surface area (Å²) in [7, 11) is 1.65. The van der Waals surface area contributed by atoms with Crippen LogP contribution in [0.15, 0.2) is 48.5 Å². The quantitative estimate of drug-likeness (QED) is 0.570. The van der Waals surface area contributed by atoms with Crippen LogP contribution in [0.5, 0.6) is 11.5 Å². The van der Waals surface area contributed by atoms with E-state index in [-0.39, 0.29) is 18.5 Å². The highest BCUT2D eigenvalue weighted by Gasteiger charge is 2.22. The van der Waals surface area contributed by atoms with Crippen molar-refractivity contribution in [2.24, 2.45) is 0 Å². The van der Waals surface area contributed by atoms with Crippen LogP contribution in [-0.2, 0) is 11.3 Å². The summed E-state index contributed by atoms with van der Waals surface area (Å²) < 4.78 is 16.8. The highest BCUT2D eigenvalue weighted by molar-refractivity contribution is 5.96. The fraction of sp³-hybridized carbons (Fsp3) is 0.458. The van der Waals surface area contributed by atoms with Gasteiger partial charge in [-0.2, -0.15) is 0 Å². The minimum absolute atomic E-state index is 0.0559. The van der Waals surface area contributed by atoms with Crippen molar-refractivity contribution in [3.05, 3.63) is 59.7 Å². The lowest BCUT2D eigenvalue weighted by atomic mass is 10.1. The van der Waals surface area contributed by atoms with Crippen LogP contribution in [0.4, 0.5) is 0 Å². The van der Waals surface area contributed by atoms with E-state index in [9.17, 15) is 9.90 Å². The predicted molar refractivity (Wildman–Crippen MR) is 115 cm³/mol. The molecule has 0 aromatic heterocycles. The number of ketones is 1. The van der Waals surface area contributed by atoms with E-state index in [2.05, 4.69) is 4.90 Å². The molecule has 0 saturated carbocycles. The molecular formula is C24H31NO5. The highest BCUT2D eigenvalue weighted by atomic mass is 16.5. The van der Waals surface area contributed by atoms with E-state index in [0.29, 0.717) is 24.4 Å². The molecule has 1 fully saturated rings. The lowest BCUT2D eigenvalue weighted by Crippen LogP contribution is -2.39. The summed E-state index contributed by atoms with van der Waals surface area (Å²) in [6.07, 6.45) is 1.62. The maximum atomic E-state index is 11.8. The van der Waals surface area contributed by atoms with E-state index in [1.807, 2.05) is 30.3 Å². The number of aliphatic hydroxyl groups is 1. The number of nitrogens with zero attached hydrogens (tertiary/aromatic N) is 1. The monoisotopic (exact) mass is 413 g/mol. The lowest BCUT2D eigenvalue weighted by Gasteiger charge is -2.27. The summed E-state index contributed by atoms with van der Waals surface area (Å²) >= 11 is 0. The maximum absolute atomic E-state index is 11.8. The van der Waals surface area contributed by atoms with Crippen molar-refractivity contribution < 1.29 is 24.1 Å². The molecule has 3 rings (SSSR count). The van der Waals surface area contributed by atoms with Gasteiger partial charge in [0.25, 0.3) is 0 Å². The molecule has 1 N–H and O–H groups in total. The molecule has 0 radical (unpaired) electrons. The number of carbonyl (C=O) groups is 1. The van der Waals surface area contributed by atoms with Crippen molar-refractivity contribution in [1.29, 1.82) is 0 Å². The Morgan fingerprint density at radius 3 is 2.67 bits per heavy atom. The Hall–Kier alpha value is -2.41. The molecule has 1 heterocycles. The van der Waals surface area contributed by atoms with E-state index >= 15 is 0 Å². The Morgan fingerprint density at radius 2 is 2.00 bits per heavy atom. The van der Waals surface area contributed by atoms with Gasteiger partial charge in [-0.1, -0.05) is 24.3 Å². The van der Waals surface area contributed by atoms with E-state index in [4.69, 9.17) is 14.2 Å². The topological polar surface area (TPSA) is 68.2 Å². The number of ether oxygens (including phenoxy) is 3. The largest absolute Gasteiger partial charge is 0.497 e. The van der Waals surface area contributed by atoms with Gasteiger partial charge in [-0.3, -0.25) is 9.69 Å². The molecule has 6 nitrogen and oxygen atoms in total. The molecule has 2 unspecified atom stereocenters. The zero-order chi connectivity index (χ0) is 21.3. The van der Waals surface area contributed by atoms with Gasteiger partial charge < -0.3 is 19.3 Å². The molecule has 1 aliphatic rings. The zero-order valence-electron chi connectivity index (χ0n) is 17.8. The number of carbonyl (C=O) groups excluding carboxylic acids is 1. The Morgan fingerprint density at radius 1 is 1.23 bits per heavy atom. The van der Waals surface area contributed by atoms with Gasteiger partial charge in [-0.25, -0.2) is 0 Å². The summed E-state index contributed by atoms with van der Waals surface area (Å²) in [6, 6.07) is 15.1. The summed E-state index contributed by atoms with van der Waals surface area (Å²) in [5.41, 5.74) is 1.67. The second kappa shape index (κ2) is 11.1. The number of aliphatic hydroxyl groups excluding tert-OH is 1. The molecule has 2 aromatic carbocycles. The van der Waals surface area contributed by atoms with Gasteiger partial charge in [-0.05, 0) is 49.6 Å². The van der Waals surface area contributed by atoms with Crippen LogP contribution in [0.25, 0.3) is 0 Å². The highest BCUT2D eigenvalue weighted by Crippen LogP contribution is 2.20. The number of para-hydroxylation sites is 1. The molecule has 2 aromatic rings.